The summed E-state index contributed by atoms with van der Waals surface area (Å²) in [6.45, 7) is 1.76. The van der Waals surface area contributed by atoms with E-state index in [0.717, 1.165) is 0 Å². The highest BCUT2D eigenvalue weighted by Crippen LogP contribution is 2.21. The number of hydrogen-bond donors (Lipinski definition) is 1. The summed E-state index contributed by atoms with van der Waals surface area (Å²) in [4.78, 5) is 28.8. The summed E-state index contributed by atoms with van der Waals surface area (Å²) in [6, 6.07) is 20.9. The van der Waals surface area contributed by atoms with E-state index in [1.54, 1.807) is 73.7 Å². The van der Waals surface area contributed by atoms with E-state index in [-0.39, 0.29) is 12.5 Å². The first-order valence-corrected chi connectivity index (χ1v) is 10.6. The van der Waals surface area contributed by atoms with Crippen molar-refractivity contribution in [3.63, 3.8) is 0 Å². The van der Waals surface area contributed by atoms with Crippen molar-refractivity contribution in [2.75, 3.05) is 12.4 Å². The topological polar surface area (TPSA) is 104 Å². The van der Waals surface area contributed by atoms with Gasteiger partial charge in [-0.2, -0.15) is 4.98 Å². The highest BCUT2D eigenvalue weighted by molar-refractivity contribution is 6.06. The summed E-state index contributed by atoms with van der Waals surface area (Å²) < 4.78 is 15.4. The molecular formula is C27H21N3O5. The number of nitrogens with zero attached hydrogens (tertiary/aromatic N) is 2. The van der Waals surface area contributed by atoms with Gasteiger partial charge in [-0.15, -0.1) is 0 Å². The zero-order valence-electron chi connectivity index (χ0n) is 19.1. The Kier molecular flexibility index (Phi) is 7.19. The molecule has 4 aromatic rings. The molecule has 0 radical (unpaired) electrons. The van der Waals surface area contributed by atoms with Crippen molar-refractivity contribution in [2.24, 2.45) is 0 Å². The number of anilines is 1. The second-order valence-corrected chi connectivity index (χ2v) is 7.37. The van der Waals surface area contributed by atoms with Gasteiger partial charge in [0.1, 0.15) is 5.75 Å². The molecule has 1 N–H and O–H groups in total. The molecule has 8 heteroatoms. The van der Waals surface area contributed by atoms with Crippen LogP contribution >= 0.6 is 0 Å². The summed E-state index contributed by atoms with van der Waals surface area (Å²) >= 11 is 0. The first-order chi connectivity index (χ1) is 17.0. The molecule has 4 rings (SSSR count). The molecule has 1 amide bonds. The number of carbonyl (C=O) groups is 2. The smallest absolute Gasteiger partial charge is 0.337 e. The first-order valence-electron chi connectivity index (χ1n) is 10.6. The molecule has 3 aromatic carbocycles. The largest absolute Gasteiger partial charge is 0.485 e. The van der Waals surface area contributed by atoms with Crippen LogP contribution in [0.4, 0.5) is 5.69 Å². The SMILES string of the molecule is COC(=O)c1cccc(C#Cc2cccc(NC(=O)c3ccccc3OCc3noc(C)n3)c2)c1. The molecule has 0 saturated carbocycles. The van der Waals surface area contributed by atoms with E-state index in [2.05, 4.69) is 27.3 Å². The molecule has 0 spiro atoms. The molecular weight excluding hydrogens is 446 g/mol. The van der Waals surface area contributed by atoms with Crippen LogP contribution in [0, 0.1) is 18.8 Å². The van der Waals surface area contributed by atoms with Gasteiger partial charge in [0.2, 0.25) is 11.7 Å². The van der Waals surface area contributed by atoms with Gasteiger partial charge in [-0.1, -0.05) is 41.3 Å². The Morgan fingerprint density at radius 2 is 1.71 bits per heavy atom. The number of carbonyl (C=O) groups excluding carboxylic acids is 2. The molecule has 0 aliphatic rings. The van der Waals surface area contributed by atoms with Crippen LogP contribution < -0.4 is 10.1 Å². The van der Waals surface area contributed by atoms with Crippen LogP contribution in [0.1, 0.15) is 43.6 Å². The summed E-state index contributed by atoms with van der Waals surface area (Å²) in [7, 11) is 1.33. The van der Waals surface area contributed by atoms with E-state index in [1.165, 1.54) is 7.11 Å². The van der Waals surface area contributed by atoms with E-state index in [0.29, 0.717) is 45.4 Å². The van der Waals surface area contributed by atoms with Crippen molar-refractivity contribution in [2.45, 2.75) is 13.5 Å². The lowest BCUT2D eigenvalue weighted by atomic mass is 10.1. The molecule has 8 nitrogen and oxygen atoms in total. The van der Waals surface area contributed by atoms with Crippen molar-refractivity contribution in [3.05, 3.63) is 107 Å². The van der Waals surface area contributed by atoms with Crippen molar-refractivity contribution in [3.8, 4) is 17.6 Å². The van der Waals surface area contributed by atoms with Crippen LogP contribution in [0.2, 0.25) is 0 Å². The second kappa shape index (κ2) is 10.8. The second-order valence-electron chi connectivity index (χ2n) is 7.37. The number of rotatable bonds is 6. The Hall–Kier alpha value is -4.90. The van der Waals surface area contributed by atoms with Crippen LogP contribution in [0.15, 0.2) is 77.3 Å². The zero-order chi connectivity index (χ0) is 24.6. The summed E-state index contributed by atoms with van der Waals surface area (Å²) in [6.07, 6.45) is 0. The van der Waals surface area contributed by atoms with E-state index in [4.69, 9.17) is 14.0 Å². The number of aromatic nitrogens is 2. The summed E-state index contributed by atoms with van der Waals surface area (Å²) in [5.41, 5.74) is 2.74. The number of esters is 1. The van der Waals surface area contributed by atoms with Crippen molar-refractivity contribution >= 4 is 17.6 Å². The van der Waals surface area contributed by atoms with Gasteiger partial charge in [0.05, 0.1) is 18.2 Å². The fraction of sp³-hybridized carbons (Fsp3) is 0.111. The molecule has 0 saturated heterocycles. The van der Waals surface area contributed by atoms with Crippen molar-refractivity contribution in [1.29, 1.82) is 0 Å². The molecule has 0 atom stereocenters. The molecule has 0 fully saturated rings. The third-order valence-electron chi connectivity index (χ3n) is 4.81. The van der Waals surface area contributed by atoms with E-state index >= 15 is 0 Å². The molecule has 1 heterocycles. The highest BCUT2D eigenvalue weighted by Gasteiger charge is 2.14. The quantitative estimate of drug-likeness (QED) is 0.331. The maximum absolute atomic E-state index is 13.0. The van der Waals surface area contributed by atoms with Crippen LogP contribution in [0.3, 0.4) is 0 Å². The van der Waals surface area contributed by atoms with Gasteiger partial charge >= 0.3 is 5.97 Å². The van der Waals surface area contributed by atoms with Gasteiger partial charge in [-0.25, -0.2) is 4.79 Å². The lowest BCUT2D eigenvalue weighted by Gasteiger charge is -2.11. The summed E-state index contributed by atoms with van der Waals surface area (Å²) in [5.74, 6) is 6.55. The molecule has 0 aliphatic heterocycles. The van der Waals surface area contributed by atoms with Crippen molar-refractivity contribution < 1.29 is 23.6 Å². The Balaban J connectivity index is 1.47. The molecule has 0 aliphatic carbocycles. The molecule has 174 valence electrons. The third kappa shape index (κ3) is 6.12. The average Bonchev–Trinajstić information content (AvgIpc) is 3.31. The van der Waals surface area contributed by atoms with E-state index in [9.17, 15) is 9.59 Å². The minimum atomic E-state index is -0.421. The predicted octanol–water partition coefficient (Wildman–Crippen LogP) is 4.40. The van der Waals surface area contributed by atoms with Gasteiger partial charge in [0, 0.05) is 23.7 Å². The van der Waals surface area contributed by atoms with Gasteiger partial charge in [0.25, 0.3) is 5.91 Å². The average molecular weight is 467 g/mol. The maximum Gasteiger partial charge on any atom is 0.337 e. The van der Waals surface area contributed by atoms with Crippen molar-refractivity contribution in [1.82, 2.24) is 10.1 Å². The lowest BCUT2D eigenvalue weighted by molar-refractivity contribution is 0.0600. The fourth-order valence-corrected chi connectivity index (χ4v) is 3.18. The maximum atomic E-state index is 13.0. The van der Waals surface area contributed by atoms with Crippen LogP contribution in [0.5, 0.6) is 5.75 Å². The van der Waals surface area contributed by atoms with Gasteiger partial charge < -0.3 is 19.3 Å². The Morgan fingerprint density at radius 1 is 0.971 bits per heavy atom. The van der Waals surface area contributed by atoms with Gasteiger partial charge in [-0.3, -0.25) is 4.79 Å². The number of para-hydroxylation sites is 1. The molecule has 0 bridgehead atoms. The van der Waals surface area contributed by atoms with Gasteiger partial charge in [-0.05, 0) is 48.5 Å². The first kappa shape index (κ1) is 23.3. The van der Waals surface area contributed by atoms with Gasteiger partial charge in [0.15, 0.2) is 6.61 Å². The Bertz CT molecular complexity index is 1430. The molecule has 1 aromatic heterocycles. The predicted molar refractivity (Wildman–Crippen MR) is 128 cm³/mol. The van der Waals surface area contributed by atoms with E-state index in [1.807, 2.05) is 6.07 Å². The molecule has 35 heavy (non-hydrogen) atoms. The summed E-state index contributed by atoms with van der Waals surface area (Å²) in [5, 5.41) is 6.67. The monoisotopic (exact) mass is 467 g/mol. The number of hydrogen-bond acceptors (Lipinski definition) is 7. The highest BCUT2D eigenvalue weighted by atomic mass is 16.5. The molecule has 0 unspecified atom stereocenters. The number of ether oxygens (including phenoxy) is 2. The minimum absolute atomic E-state index is 0.0733. The van der Waals surface area contributed by atoms with E-state index < -0.39 is 5.97 Å². The van der Waals surface area contributed by atoms with Crippen LogP contribution in [-0.4, -0.2) is 29.1 Å². The fourth-order valence-electron chi connectivity index (χ4n) is 3.18. The Labute approximate surface area is 201 Å². The normalized spacial score (nSPS) is 10.1. The van der Waals surface area contributed by atoms with Crippen LogP contribution in [0.25, 0.3) is 0 Å². The number of amides is 1. The number of aryl methyl sites for hydroxylation is 1. The third-order valence-corrected chi connectivity index (χ3v) is 4.81. The standard InChI is InChI=1S/C27H21N3O5/c1-18-28-25(30-35-18)17-34-24-12-4-3-11-23(24)26(31)29-22-10-6-8-20(16-22)14-13-19-7-5-9-21(15-19)27(32)33-2/h3-12,15-16H,17H2,1-2H3,(H,29,31). The minimum Gasteiger partial charge on any atom is -0.485 e. The Morgan fingerprint density at radius 3 is 2.46 bits per heavy atom. The number of nitrogens with one attached hydrogen (secondary N) is 1. The lowest BCUT2D eigenvalue weighted by Crippen LogP contribution is -2.14. The number of methoxy groups -OCH3 is 1. The number of benzene rings is 3. The zero-order valence-corrected chi connectivity index (χ0v) is 19.1. The van der Waals surface area contributed by atoms with Crippen LogP contribution in [-0.2, 0) is 11.3 Å².